The lowest BCUT2D eigenvalue weighted by Crippen LogP contribution is -2.65. The number of hydrogen-bond donors (Lipinski definition) is 1. The molecule has 1 saturated heterocycles. The molecular weight excluding hydrogens is 426 g/mol. The van der Waals surface area contributed by atoms with Crippen molar-refractivity contribution < 1.29 is 14.4 Å². The van der Waals surface area contributed by atoms with Crippen molar-refractivity contribution >= 4 is 23.5 Å². The summed E-state index contributed by atoms with van der Waals surface area (Å²) < 4.78 is 0. The first-order valence-electron chi connectivity index (χ1n) is 11.6. The minimum atomic E-state index is -1.44. The molecule has 0 saturated carbocycles. The van der Waals surface area contributed by atoms with Crippen LogP contribution in [0.3, 0.4) is 0 Å². The smallest absolute Gasteiger partial charge is 0.276 e. The Morgan fingerprint density at radius 2 is 1.74 bits per heavy atom. The van der Waals surface area contributed by atoms with Crippen molar-refractivity contribution in [2.24, 2.45) is 5.41 Å². The van der Waals surface area contributed by atoms with E-state index in [4.69, 9.17) is 0 Å². The van der Waals surface area contributed by atoms with E-state index < -0.39 is 23.3 Å². The third-order valence-electron chi connectivity index (χ3n) is 6.42. The zero-order valence-electron chi connectivity index (χ0n) is 19.7. The van der Waals surface area contributed by atoms with Gasteiger partial charge in [0.25, 0.3) is 5.91 Å². The van der Waals surface area contributed by atoms with Gasteiger partial charge in [0.15, 0.2) is 0 Å². The molecule has 6 nitrogen and oxygen atoms in total. The molecule has 0 spiro atoms. The molecule has 34 heavy (non-hydrogen) atoms. The van der Waals surface area contributed by atoms with E-state index in [9.17, 15) is 14.4 Å². The summed E-state index contributed by atoms with van der Waals surface area (Å²) in [5.41, 5.74) is 2.77. The average Bonchev–Trinajstić information content (AvgIpc) is 2.82. The van der Waals surface area contributed by atoms with Crippen molar-refractivity contribution in [1.29, 1.82) is 0 Å². The number of nitrogens with one attached hydrogen (secondary N) is 1. The number of anilines is 1. The van der Waals surface area contributed by atoms with Crippen molar-refractivity contribution in [3.8, 4) is 0 Å². The van der Waals surface area contributed by atoms with Crippen LogP contribution in [-0.2, 0) is 22.4 Å². The van der Waals surface area contributed by atoms with Crippen molar-refractivity contribution in [2.75, 3.05) is 4.90 Å². The van der Waals surface area contributed by atoms with E-state index in [1.165, 1.54) is 5.56 Å². The van der Waals surface area contributed by atoms with Crippen LogP contribution in [0.2, 0.25) is 0 Å². The van der Waals surface area contributed by atoms with Crippen LogP contribution in [0.25, 0.3) is 0 Å². The normalized spacial score (nSPS) is 18.4. The van der Waals surface area contributed by atoms with Gasteiger partial charge in [-0.15, -0.1) is 0 Å². The minimum absolute atomic E-state index is 0.193. The Morgan fingerprint density at radius 3 is 2.38 bits per heavy atom. The van der Waals surface area contributed by atoms with Crippen molar-refractivity contribution in [2.45, 2.75) is 46.0 Å². The summed E-state index contributed by atoms with van der Waals surface area (Å²) in [5, 5.41) is 2.46. The van der Waals surface area contributed by atoms with E-state index in [0.29, 0.717) is 18.0 Å². The number of nitrogens with zero attached hydrogens (tertiary/aromatic N) is 2. The Morgan fingerprint density at radius 1 is 0.971 bits per heavy atom. The summed E-state index contributed by atoms with van der Waals surface area (Å²) >= 11 is 0. The third-order valence-corrected chi connectivity index (χ3v) is 6.42. The van der Waals surface area contributed by atoms with Gasteiger partial charge in [0.1, 0.15) is 5.41 Å². The second-order valence-electron chi connectivity index (χ2n) is 9.22. The fourth-order valence-corrected chi connectivity index (χ4v) is 4.40. The molecule has 2 heterocycles. The minimum Gasteiger partial charge on any atom is -0.276 e. The van der Waals surface area contributed by atoms with Gasteiger partial charge in [0, 0.05) is 11.9 Å². The predicted molar refractivity (Wildman–Crippen MR) is 131 cm³/mol. The van der Waals surface area contributed by atoms with Gasteiger partial charge in [-0.2, -0.15) is 0 Å². The average molecular weight is 456 g/mol. The zero-order chi connectivity index (χ0) is 24.3. The van der Waals surface area contributed by atoms with Gasteiger partial charge < -0.3 is 0 Å². The number of amides is 4. The lowest BCUT2D eigenvalue weighted by Gasteiger charge is -2.39. The van der Waals surface area contributed by atoms with Gasteiger partial charge in [0.05, 0.1) is 5.69 Å². The van der Waals surface area contributed by atoms with Crippen LogP contribution < -0.4 is 10.2 Å². The molecule has 0 radical (unpaired) electrons. The van der Waals surface area contributed by atoms with Gasteiger partial charge in [0.2, 0.25) is 5.91 Å². The second-order valence-corrected chi connectivity index (χ2v) is 9.22. The molecule has 6 heteroatoms. The molecule has 3 aromatic rings. The molecule has 0 unspecified atom stereocenters. The third kappa shape index (κ3) is 4.62. The molecule has 174 valence electrons. The predicted octanol–water partition coefficient (Wildman–Crippen LogP) is 4.96. The molecule has 0 aliphatic carbocycles. The lowest BCUT2D eigenvalue weighted by atomic mass is 9.74. The molecule has 4 rings (SSSR count). The molecule has 1 aliphatic rings. The Kier molecular flexibility index (Phi) is 6.59. The first kappa shape index (κ1) is 23.4. The number of hydrogen-bond acceptors (Lipinski definition) is 4. The molecule has 1 aromatic heterocycles. The zero-order valence-corrected chi connectivity index (χ0v) is 19.7. The highest BCUT2D eigenvalue weighted by atomic mass is 16.2. The summed E-state index contributed by atoms with van der Waals surface area (Å²) in [6.07, 6.45) is 2.55. The number of aryl methyl sites for hydroxylation is 2. The Bertz CT molecular complexity index is 1210. The molecular formula is C28H29N3O3. The van der Waals surface area contributed by atoms with Crippen LogP contribution in [0.15, 0.2) is 72.9 Å². The van der Waals surface area contributed by atoms with Crippen LogP contribution in [0.5, 0.6) is 0 Å². The number of imide groups is 2. The van der Waals surface area contributed by atoms with Crippen LogP contribution in [0, 0.1) is 12.3 Å². The van der Waals surface area contributed by atoms with E-state index in [1.807, 2.05) is 55.5 Å². The quantitative estimate of drug-likeness (QED) is 0.511. The van der Waals surface area contributed by atoms with Crippen LogP contribution in [0.1, 0.15) is 48.6 Å². The lowest BCUT2D eigenvalue weighted by molar-refractivity contribution is -0.143. The van der Waals surface area contributed by atoms with Crippen molar-refractivity contribution in [3.63, 3.8) is 0 Å². The topological polar surface area (TPSA) is 79.4 Å². The number of aromatic nitrogens is 1. The molecule has 1 N–H and O–H groups in total. The number of barbiturate groups is 1. The maximum atomic E-state index is 14.0. The van der Waals surface area contributed by atoms with Gasteiger partial charge in [-0.3, -0.25) is 19.9 Å². The summed E-state index contributed by atoms with van der Waals surface area (Å²) in [5.74, 6) is -0.688. The molecule has 2 aromatic carbocycles. The summed E-state index contributed by atoms with van der Waals surface area (Å²) in [7, 11) is 0. The number of urea groups is 1. The number of rotatable bonds is 7. The van der Waals surface area contributed by atoms with E-state index in [2.05, 4.69) is 24.1 Å². The fraction of sp³-hybridized carbons (Fsp3) is 0.286. The monoisotopic (exact) mass is 455 g/mol. The Hall–Kier alpha value is -3.80. The fourth-order valence-electron chi connectivity index (χ4n) is 4.40. The SMILES string of the molecule is Cc1cccc(N2C(=O)NC(=O)[C@@](CCc3ccccn3)(Cc3ccc(C(C)C)cc3)C2=O)c1. The first-order valence-corrected chi connectivity index (χ1v) is 11.6. The molecule has 1 fully saturated rings. The van der Waals surface area contributed by atoms with Crippen LogP contribution >= 0.6 is 0 Å². The van der Waals surface area contributed by atoms with Crippen LogP contribution in [-0.4, -0.2) is 22.8 Å². The molecule has 1 aliphatic heterocycles. The number of benzene rings is 2. The largest absolute Gasteiger partial charge is 0.335 e. The summed E-state index contributed by atoms with van der Waals surface area (Å²) in [4.78, 5) is 45.7. The van der Waals surface area contributed by atoms with Crippen LogP contribution in [0.4, 0.5) is 10.5 Å². The number of carbonyl (C=O) groups is 3. The highest BCUT2D eigenvalue weighted by molar-refractivity contribution is 6.30. The highest BCUT2D eigenvalue weighted by Gasteiger charge is 2.54. The molecule has 1 atom stereocenters. The Balaban J connectivity index is 1.74. The van der Waals surface area contributed by atoms with Gasteiger partial charge in [-0.25, -0.2) is 9.69 Å². The summed E-state index contributed by atoms with van der Waals surface area (Å²) in [6, 6.07) is 20.0. The second kappa shape index (κ2) is 9.59. The van der Waals surface area contributed by atoms with Gasteiger partial charge in [-0.05, 0) is 73.1 Å². The standard InChI is InChI=1S/C28H29N3O3/c1-19(2)22-12-10-21(11-13-22)18-28(15-14-23-8-4-5-16-29-23)25(32)30-27(34)31(26(28)33)24-9-6-7-20(3)17-24/h4-13,16-17,19H,14-15,18H2,1-3H3,(H,30,32,34)/t28-/m1/s1. The van der Waals surface area contributed by atoms with E-state index in [1.54, 1.807) is 24.4 Å². The maximum absolute atomic E-state index is 14.0. The van der Waals surface area contributed by atoms with E-state index in [0.717, 1.165) is 21.7 Å². The van der Waals surface area contributed by atoms with Crippen molar-refractivity contribution in [1.82, 2.24) is 10.3 Å². The number of pyridine rings is 1. The molecule has 0 bridgehead atoms. The Labute approximate surface area is 200 Å². The highest BCUT2D eigenvalue weighted by Crippen LogP contribution is 2.37. The number of carbonyl (C=O) groups excluding carboxylic acids is 3. The summed E-state index contributed by atoms with van der Waals surface area (Å²) in [6.45, 7) is 6.13. The van der Waals surface area contributed by atoms with E-state index in [-0.39, 0.29) is 12.8 Å². The van der Waals surface area contributed by atoms with Gasteiger partial charge in [-0.1, -0.05) is 56.3 Å². The van der Waals surface area contributed by atoms with E-state index >= 15 is 0 Å². The maximum Gasteiger partial charge on any atom is 0.335 e. The van der Waals surface area contributed by atoms with Gasteiger partial charge >= 0.3 is 6.03 Å². The first-order chi connectivity index (χ1) is 16.3. The van der Waals surface area contributed by atoms with Crippen molar-refractivity contribution in [3.05, 3.63) is 95.3 Å². The molecule has 4 amide bonds.